The first-order chi connectivity index (χ1) is 6.86. The summed E-state index contributed by atoms with van der Waals surface area (Å²) in [4.78, 5) is 0. The zero-order valence-corrected chi connectivity index (χ0v) is 8.44. The first-order valence-corrected chi connectivity index (χ1v) is 5.04. The Morgan fingerprint density at radius 1 is 1.43 bits per heavy atom. The first-order valence-electron chi connectivity index (χ1n) is 5.04. The molecule has 0 unspecified atom stereocenters. The zero-order chi connectivity index (χ0) is 9.97. The molecule has 0 spiro atoms. The van der Waals surface area contributed by atoms with Gasteiger partial charge in [0.2, 0.25) is 0 Å². The third-order valence-corrected chi connectivity index (χ3v) is 2.79. The van der Waals surface area contributed by atoms with E-state index in [0.717, 1.165) is 5.82 Å². The Morgan fingerprint density at radius 3 is 2.71 bits per heavy atom. The van der Waals surface area contributed by atoms with Gasteiger partial charge in [-0.15, -0.1) is 5.10 Å². The van der Waals surface area contributed by atoms with Crippen molar-refractivity contribution in [1.82, 2.24) is 14.8 Å². The Kier molecular flexibility index (Phi) is 2.67. The van der Waals surface area contributed by atoms with Crippen LogP contribution in [0.3, 0.4) is 0 Å². The van der Waals surface area contributed by atoms with E-state index in [0.29, 0.717) is 18.6 Å². The van der Waals surface area contributed by atoms with E-state index in [9.17, 15) is 0 Å². The van der Waals surface area contributed by atoms with Gasteiger partial charge in [0.1, 0.15) is 5.82 Å². The summed E-state index contributed by atoms with van der Waals surface area (Å²) >= 11 is 0. The van der Waals surface area contributed by atoms with Crippen molar-refractivity contribution in [1.29, 1.82) is 0 Å². The summed E-state index contributed by atoms with van der Waals surface area (Å²) in [7, 11) is 1.62. The fourth-order valence-electron chi connectivity index (χ4n) is 2.11. The van der Waals surface area contributed by atoms with E-state index >= 15 is 0 Å². The van der Waals surface area contributed by atoms with Gasteiger partial charge in [-0.05, 0) is 12.8 Å². The molecule has 2 rings (SSSR count). The molecule has 1 saturated carbocycles. The fourth-order valence-corrected chi connectivity index (χ4v) is 2.11. The van der Waals surface area contributed by atoms with E-state index in [1.807, 2.05) is 4.57 Å². The predicted molar refractivity (Wildman–Crippen MR) is 52.0 cm³/mol. The molecule has 0 aliphatic heterocycles. The lowest BCUT2D eigenvalue weighted by Gasteiger charge is -2.14. The number of hydrogen-bond donors (Lipinski definition) is 1. The van der Waals surface area contributed by atoms with E-state index in [-0.39, 0.29) is 0 Å². The molecule has 1 heterocycles. The lowest BCUT2D eigenvalue weighted by molar-refractivity contribution is 0.332. The van der Waals surface area contributed by atoms with Crippen molar-refractivity contribution < 1.29 is 4.74 Å². The van der Waals surface area contributed by atoms with Crippen LogP contribution in [-0.4, -0.2) is 21.9 Å². The van der Waals surface area contributed by atoms with E-state index < -0.39 is 0 Å². The monoisotopic (exact) mass is 196 g/mol. The number of aromatic nitrogens is 3. The summed E-state index contributed by atoms with van der Waals surface area (Å²) in [5.74, 6) is 0.828. The van der Waals surface area contributed by atoms with Crippen LogP contribution in [0.5, 0.6) is 6.01 Å². The SMILES string of the molecule is COc1nnc(CN)n1C1CCCC1. The minimum absolute atomic E-state index is 0.423. The number of nitrogens with zero attached hydrogens (tertiary/aromatic N) is 3. The van der Waals surface area contributed by atoms with Crippen LogP contribution in [0.4, 0.5) is 0 Å². The van der Waals surface area contributed by atoms with Gasteiger partial charge in [-0.2, -0.15) is 0 Å². The summed E-state index contributed by atoms with van der Waals surface area (Å²) < 4.78 is 7.22. The molecular formula is C9H16N4O. The van der Waals surface area contributed by atoms with Crippen molar-refractivity contribution in [2.24, 2.45) is 5.73 Å². The van der Waals surface area contributed by atoms with Crippen LogP contribution in [0.2, 0.25) is 0 Å². The zero-order valence-electron chi connectivity index (χ0n) is 8.44. The van der Waals surface area contributed by atoms with Gasteiger partial charge >= 0.3 is 6.01 Å². The molecule has 1 aromatic heterocycles. The Labute approximate surface area is 83.3 Å². The standard InChI is InChI=1S/C9H16N4O/c1-14-9-12-11-8(6-10)13(9)7-4-2-3-5-7/h7H,2-6,10H2,1H3. The van der Waals surface area contributed by atoms with Crippen LogP contribution >= 0.6 is 0 Å². The maximum Gasteiger partial charge on any atom is 0.316 e. The number of rotatable bonds is 3. The molecule has 0 atom stereocenters. The second kappa shape index (κ2) is 3.96. The Bertz CT molecular complexity index is 282. The van der Waals surface area contributed by atoms with Crippen LogP contribution in [0.1, 0.15) is 37.5 Å². The largest absolute Gasteiger partial charge is 0.467 e. The van der Waals surface area contributed by atoms with Gasteiger partial charge in [-0.3, -0.25) is 4.57 Å². The maximum absolute atomic E-state index is 5.61. The van der Waals surface area contributed by atoms with Crippen molar-refractivity contribution in [2.75, 3.05) is 7.11 Å². The van der Waals surface area contributed by atoms with Crippen LogP contribution in [-0.2, 0) is 6.54 Å². The van der Waals surface area contributed by atoms with Gasteiger partial charge in [-0.1, -0.05) is 17.9 Å². The highest BCUT2D eigenvalue weighted by Gasteiger charge is 2.23. The van der Waals surface area contributed by atoms with Crippen LogP contribution < -0.4 is 10.5 Å². The summed E-state index contributed by atoms with van der Waals surface area (Å²) in [6.45, 7) is 0.423. The Balaban J connectivity index is 2.31. The molecule has 1 fully saturated rings. The van der Waals surface area contributed by atoms with Crippen LogP contribution in [0, 0.1) is 0 Å². The summed E-state index contributed by atoms with van der Waals surface area (Å²) in [6, 6.07) is 1.08. The molecule has 0 bridgehead atoms. The molecule has 5 nitrogen and oxygen atoms in total. The molecule has 1 aliphatic carbocycles. The van der Waals surface area contributed by atoms with E-state index in [1.165, 1.54) is 25.7 Å². The average molecular weight is 196 g/mol. The van der Waals surface area contributed by atoms with E-state index in [4.69, 9.17) is 10.5 Å². The lowest BCUT2D eigenvalue weighted by atomic mass is 10.2. The minimum Gasteiger partial charge on any atom is -0.467 e. The highest BCUT2D eigenvalue weighted by Crippen LogP contribution is 2.32. The highest BCUT2D eigenvalue weighted by atomic mass is 16.5. The molecule has 0 radical (unpaired) electrons. The normalized spacial score (nSPS) is 17.6. The van der Waals surface area contributed by atoms with Crippen molar-refractivity contribution in [3.63, 3.8) is 0 Å². The van der Waals surface area contributed by atoms with E-state index in [1.54, 1.807) is 7.11 Å². The molecular weight excluding hydrogens is 180 g/mol. The third kappa shape index (κ3) is 1.48. The molecule has 0 aromatic carbocycles. The molecule has 5 heteroatoms. The van der Waals surface area contributed by atoms with Gasteiger partial charge in [-0.25, -0.2) is 0 Å². The van der Waals surface area contributed by atoms with Crippen molar-refractivity contribution >= 4 is 0 Å². The van der Waals surface area contributed by atoms with Crippen molar-refractivity contribution in [3.8, 4) is 6.01 Å². The molecule has 1 aromatic rings. The molecule has 2 N–H and O–H groups in total. The predicted octanol–water partition coefficient (Wildman–Crippen LogP) is 0.860. The van der Waals surface area contributed by atoms with Gasteiger partial charge in [0.05, 0.1) is 13.7 Å². The smallest absolute Gasteiger partial charge is 0.316 e. The molecule has 0 saturated heterocycles. The van der Waals surface area contributed by atoms with Crippen LogP contribution in [0.25, 0.3) is 0 Å². The van der Waals surface area contributed by atoms with Crippen molar-refractivity contribution in [3.05, 3.63) is 5.82 Å². The topological polar surface area (TPSA) is 66.0 Å². The Hall–Kier alpha value is -1.10. The summed E-state index contributed by atoms with van der Waals surface area (Å²) in [5.41, 5.74) is 5.61. The van der Waals surface area contributed by atoms with Crippen LogP contribution in [0.15, 0.2) is 0 Å². The van der Waals surface area contributed by atoms with Gasteiger partial charge in [0.25, 0.3) is 0 Å². The van der Waals surface area contributed by atoms with E-state index in [2.05, 4.69) is 10.2 Å². The van der Waals surface area contributed by atoms with Gasteiger partial charge < -0.3 is 10.5 Å². The van der Waals surface area contributed by atoms with Gasteiger partial charge in [0.15, 0.2) is 0 Å². The third-order valence-electron chi connectivity index (χ3n) is 2.79. The Morgan fingerprint density at radius 2 is 2.14 bits per heavy atom. The number of nitrogens with two attached hydrogens (primary N) is 1. The molecule has 0 amide bonds. The number of methoxy groups -OCH3 is 1. The quantitative estimate of drug-likeness (QED) is 0.778. The maximum atomic E-state index is 5.61. The number of ether oxygens (including phenoxy) is 1. The second-order valence-corrected chi connectivity index (χ2v) is 3.62. The van der Waals surface area contributed by atoms with Gasteiger partial charge in [0, 0.05) is 6.04 Å². The minimum atomic E-state index is 0.423. The molecule has 78 valence electrons. The first kappa shape index (κ1) is 9.45. The fraction of sp³-hybridized carbons (Fsp3) is 0.778. The second-order valence-electron chi connectivity index (χ2n) is 3.62. The summed E-state index contributed by atoms with van der Waals surface area (Å²) in [6.07, 6.45) is 4.91. The number of hydrogen-bond acceptors (Lipinski definition) is 4. The van der Waals surface area contributed by atoms with Crippen molar-refractivity contribution in [2.45, 2.75) is 38.3 Å². The molecule has 14 heavy (non-hydrogen) atoms. The highest BCUT2D eigenvalue weighted by molar-refractivity contribution is 5.04. The molecule has 1 aliphatic rings. The average Bonchev–Trinajstić information content (AvgIpc) is 2.85. The lowest BCUT2D eigenvalue weighted by Crippen LogP contribution is -2.13. The summed E-state index contributed by atoms with van der Waals surface area (Å²) in [5, 5.41) is 7.97.